The maximum atomic E-state index is 12.6. The van der Waals surface area contributed by atoms with Gasteiger partial charge in [0.25, 0.3) is 0 Å². The fourth-order valence-corrected chi connectivity index (χ4v) is 2.74. The summed E-state index contributed by atoms with van der Waals surface area (Å²) in [6.07, 6.45) is 1.12. The summed E-state index contributed by atoms with van der Waals surface area (Å²) >= 11 is 0. The fourth-order valence-electron chi connectivity index (χ4n) is 2.74. The summed E-state index contributed by atoms with van der Waals surface area (Å²) in [7, 11) is 2.14. The van der Waals surface area contributed by atoms with Crippen LogP contribution in [0.2, 0.25) is 0 Å². The number of ether oxygens (including phenoxy) is 1. The molecular formula is C17H26N2O2. The van der Waals surface area contributed by atoms with Crippen molar-refractivity contribution in [2.24, 2.45) is 0 Å². The Kier molecular flexibility index (Phi) is 5.76. The molecule has 0 aliphatic carbocycles. The minimum absolute atomic E-state index is 0.0607. The van der Waals surface area contributed by atoms with Gasteiger partial charge >= 0.3 is 0 Å². The van der Waals surface area contributed by atoms with Gasteiger partial charge in [0.15, 0.2) is 5.78 Å². The van der Waals surface area contributed by atoms with Gasteiger partial charge in [0.05, 0.1) is 12.6 Å². The van der Waals surface area contributed by atoms with E-state index in [9.17, 15) is 4.79 Å². The Hall–Kier alpha value is -1.39. The van der Waals surface area contributed by atoms with Gasteiger partial charge in [0.2, 0.25) is 0 Å². The molecule has 2 rings (SSSR count). The molecule has 21 heavy (non-hydrogen) atoms. The van der Waals surface area contributed by atoms with Crippen molar-refractivity contribution in [3.05, 3.63) is 29.8 Å². The number of hydrogen-bond donors (Lipinski definition) is 0. The van der Waals surface area contributed by atoms with E-state index in [4.69, 9.17) is 4.74 Å². The summed E-state index contributed by atoms with van der Waals surface area (Å²) in [5.74, 6) is 1.01. The summed E-state index contributed by atoms with van der Waals surface area (Å²) in [6.45, 7) is 8.71. The van der Waals surface area contributed by atoms with Gasteiger partial charge < -0.3 is 9.64 Å². The molecule has 1 aromatic rings. The number of rotatable bonds is 5. The zero-order valence-electron chi connectivity index (χ0n) is 13.3. The first-order chi connectivity index (χ1) is 10.1. The first-order valence-electron chi connectivity index (χ1n) is 7.81. The highest BCUT2D eigenvalue weighted by atomic mass is 16.5. The van der Waals surface area contributed by atoms with Crippen LogP contribution in [0.25, 0.3) is 0 Å². The van der Waals surface area contributed by atoms with E-state index >= 15 is 0 Å². The van der Waals surface area contributed by atoms with Crippen LogP contribution in [0.15, 0.2) is 24.3 Å². The van der Waals surface area contributed by atoms with E-state index < -0.39 is 0 Å². The van der Waals surface area contributed by atoms with Crippen LogP contribution in [0.1, 0.15) is 30.6 Å². The Balaban J connectivity index is 2.00. The zero-order chi connectivity index (χ0) is 15.2. The molecule has 1 saturated heterocycles. The van der Waals surface area contributed by atoms with Crippen LogP contribution >= 0.6 is 0 Å². The van der Waals surface area contributed by atoms with E-state index in [2.05, 4.69) is 16.8 Å². The van der Waals surface area contributed by atoms with E-state index in [0.29, 0.717) is 6.61 Å². The molecule has 0 amide bonds. The minimum atomic E-state index is -0.0607. The quantitative estimate of drug-likeness (QED) is 0.779. The van der Waals surface area contributed by atoms with Gasteiger partial charge in [0.1, 0.15) is 5.75 Å². The van der Waals surface area contributed by atoms with Gasteiger partial charge in [-0.2, -0.15) is 0 Å². The van der Waals surface area contributed by atoms with Crippen LogP contribution in [-0.2, 0) is 0 Å². The standard InChI is InChI=1S/C17H26N2O2/c1-4-21-16-8-6-15(7-9-16)17(20)14(2)19-11-5-10-18(3)12-13-19/h6-9,14H,4-5,10-13H2,1-3H3/t14-/m0/s1. The SMILES string of the molecule is CCOc1ccc(C(=O)[C@H](C)N2CCCN(C)CC2)cc1. The molecule has 1 atom stereocenters. The van der Waals surface area contributed by atoms with E-state index in [0.717, 1.165) is 43.9 Å². The molecular weight excluding hydrogens is 264 g/mol. The first kappa shape index (κ1) is 16.0. The van der Waals surface area contributed by atoms with Gasteiger partial charge in [-0.1, -0.05) is 0 Å². The van der Waals surface area contributed by atoms with Crippen molar-refractivity contribution < 1.29 is 9.53 Å². The van der Waals surface area contributed by atoms with Crippen molar-refractivity contribution in [1.29, 1.82) is 0 Å². The Morgan fingerprint density at radius 2 is 1.90 bits per heavy atom. The number of Topliss-reactive ketones (excluding diaryl/α,β-unsaturated/α-hetero) is 1. The molecule has 1 aliphatic rings. The van der Waals surface area contributed by atoms with E-state index in [1.165, 1.54) is 0 Å². The number of benzene rings is 1. The molecule has 0 saturated carbocycles. The lowest BCUT2D eigenvalue weighted by molar-refractivity contribution is 0.0843. The molecule has 1 fully saturated rings. The number of likely N-dealkylation sites (N-methyl/N-ethyl adjacent to an activating group) is 1. The molecule has 1 aromatic carbocycles. The van der Waals surface area contributed by atoms with Crippen LogP contribution in [0.4, 0.5) is 0 Å². The van der Waals surface area contributed by atoms with Crippen LogP contribution < -0.4 is 4.74 Å². The maximum Gasteiger partial charge on any atom is 0.179 e. The number of nitrogens with zero attached hydrogens (tertiary/aromatic N) is 2. The third-order valence-corrected chi connectivity index (χ3v) is 4.13. The first-order valence-corrected chi connectivity index (χ1v) is 7.81. The molecule has 1 heterocycles. The number of carbonyl (C=O) groups is 1. The molecule has 116 valence electrons. The minimum Gasteiger partial charge on any atom is -0.494 e. The van der Waals surface area contributed by atoms with Gasteiger partial charge in [0, 0.05) is 25.2 Å². The van der Waals surface area contributed by atoms with Crippen molar-refractivity contribution in [3.8, 4) is 5.75 Å². The molecule has 0 unspecified atom stereocenters. The summed E-state index contributed by atoms with van der Waals surface area (Å²) in [5.41, 5.74) is 0.767. The van der Waals surface area contributed by atoms with Gasteiger partial charge in [-0.25, -0.2) is 0 Å². The second-order valence-corrected chi connectivity index (χ2v) is 5.69. The van der Waals surface area contributed by atoms with Crippen molar-refractivity contribution in [2.45, 2.75) is 26.3 Å². The van der Waals surface area contributed by atoms with Crippen molar-refractivity contribution >= 4 is 5.78 Å². The average Bonchev–Trinajstić information content (AvgIpc) is 2.72. The lowest BCUT2D eigenvalue weighted by Gasteiger charge is -2.26. The van der Waals surface area contributed by atoms with Crippen molar-refractivity contribution in [3.63, 3.8) is 0 Å². The van der Waals surface area contributed by atoms with Crippen molar-refractivity contribution in [1.82, 2.24) is 9.80 Å². The molecule has 4 heteroatoms. The lowest BCUT2D eigenvalue weighted by atomic mass is 10.0. The van der Waals surface area contributed by atoms with Gasteiger partial charge in [-0.15, -0.1) is 0 Å². The van der Waals surface area contributed by atoms with E-state index in [1.54, 1.807) is 0 Å². The van der Waals surface area contributed by atoms with Gasteiger partial charge in [-0.05, 0) is 58.1 Å². The van der Waals surface area contributed by atoms with Crippen LogP contribution in [0.5, 0.6) is 5.75 Å². The summed E-state index contributed by atoms with van der Waals surface area (Å²) in [4.78, 5) is 17.2. The Labute approximate surface area is 127 Å². The van der Waals surface area contributed by atoms with Crippen LogP contribution in [0.3, 0.4) is 0 Å². The maximum absolute atomic E-state index is 12.6. The number of hydrogen-bond acceptors (Lipinski definition) is 4. The molecule has 0 aromatic heterocycles. The lowest BCUT2D eigenvalue weighted by Crippen LogP contribution is -2.41. The van der Waals surface area contributed by atoms with E-state index in [1.807, 2.05) is 38.1 Å². The highest BCUT2D eigenvalue weighted by Crippen LogP contribution is 2.16. The van der Waals surface area contributed by atoms with E-state index in [-0.39, 0.29) is 11.8 Å². The smallest absolute Gasteiger partial charge is 0.179 e. The topological polar surface area (TPSA) is 32.8 Å². The number of carbonyl (C=O) groups excluding carboxylic acids is 1. The largest absolute Gasteiger partial charge is 0.494 e. The fraction of sp³-hybridized carbons (Fsp3) is 0.588. The normalized spacial score (nSPS) is 19.0. The average molecular weight is 290 g/mol. The Morgan fingerprint density at radius 1 is 1.19 bits per heavy atom. The third kappa shape index (κ3) is 4.29. The highest BCUT2D eigenvalue weighted by molar-refractivity contribution is 5.99. The molecule has 4 nitrogen and oxygen atoms in total. The highest BCUT2D eigenvalue weighted by Gasteiger charge is 2.24. The third-order valence-electron chi connectivity index (χ3n) is 4.13. The van der Waals surface area contributed by atoms with Crippen molar-refractivity contribution in [2.75, 3.05) is 39.8 Å². The predicted octanol–water partition coefficient (Wildman–Crippen LogP) is 2.29. The summed E-state index contributed by atoms with van der Waals surface area (Å²) < 4.78 is 5.42. The predicted molar refractivity (Wildman–Crippen MR) is 85.1 cm³/mol. The molecule has 0 N–H and O–H groups in total. The molecule has 0 radical (unpaired) electrons. The summed E-state index contributed by atoms with van der Waals surface area (Å²) in [6, 6.07) is 7.43. The van der Waals surface area contributed by atoms with Crippen LogP contribution in [0, 0.1) is 0 Å². The molecule has 0 spiro atoms. The Morgan fingerprint density at radius 3 is 2.57 bits per heavy atom. The van der Waals surface area contributed by atoms with Gasteiger partial charge in [-0.3, -0.25) is 9.69 Å². The summed E-state index contributed by atoms with van der Waals surface area (Å²) in [5, 5.41) is 0. The number of ketones is 1. The second kappa shape index (κ2) is 7.57. The zero-order valence-corrected chi connectivity index (χ0v) is 13.3. The monoisotopic (exact) mass is 290 g/mol. The molecule has 1 aliphatic heterocycles. The molecule has 0 bridgehead atoms. The Bertz CT molecular complexity index is 458. The second-order valence-electron chi connectivity index (χ2n) is 5.69. The van der Waals surface area contributed by atoms with Crippen LogP contribution in [-0.4, -0.2) is 61.5 Å².